The normalized spacial score (nSPS) is 11.5. The predicted molar refractivity (Wildman–Crippen MR) is 74.9 cm³/mol. The molecule has 0 amide bonds. The molecule has 0 aliphatic carbocycles. The molecule has 17 heavy (non-hydrogen) atoms. The molecule has 0 aliphatic rings. The average Bonchev–Trinajstić information content (AvgIpc) is 2.35. The van der Waals surface area contributed by atoms with Crippen LogP contribution in [0.3, 0.4) is 0 Å². The van der Waals surface area contributed by atoms with Crippen molar-refractivity contribution in [3.63, 3.8) is 0 Å². The van der Waals surface area contributed by atoms with Crippen molar-refractivity contribution in [2.45, 2.75) is 33.1 Å². The van der Waals surface area contributed by atoms with Crippen LogP contribution in [-0.2, 0) is 11.2 Å². The van der Waals surface area contributed by atoms with Gasteiger partial charge in [-0.2, -0.15) is 0 Å². The molecule has 0 unspecified atom stereocenters. The predicted octanol–water partition coefficient (Wildman–Crippen LogP) is 3.33. The summed E-state index contributed by atoms with van der Waals surface area (Å²) in [5.74, 6) is 0.247. The molecule has 0 fully saturated rings. The minimum atomic E-state index is -0.352. The molecule has 3 heteroatoms. The molecular formula is C14H20BrNO. The maximum atomic E-state index is 12.4. The molecule has 2 nitrogen and oxygen atoms in total. The molecule has 0 saturated heterocycles. The second-order valence-electron chi connectivity index (χ2n) is 4.38. The summed E-state index contributed by atoms with van der Waals surface area (Å²) in [5, 5.41) is 0. The number of hydrogen-bond acceptors (Lipinski definition) is 2. The Kier molecular flexibility index (Phi) is 5.34. The van der Waals surface area contributed by atoms with E-state index in [4.69, 9.17) is 5.73 Å². The molecule has 0 saturated carbocycles. The van der Waals surface area contributed by atoms with Crippen LogP contribution in [0.5, 0.6) is 0 Å². The van der Waals surface area contributed by atoms with Crippen molar-refractivity contribution in [1.29, 1.82) is 0 Å². The molecular weight excluding hydrogens is 278 g/mol. The monoisotopic (exact) mass is 297 g/mol. The number of Topliss-reactive ketones (excluding diaryl/α,β-unsaturated/α-hetero) is 1. The topological polar surface area (TPSA) is 43.1 Å². The van der Waals surface area contributed by atoms with Crippen molar-refractivity contribution in [3.8, 4) is 0 Å². The van der Waals surface area contributed by atoms with Crippen molar-refractivity contribution >= 4 is 21.7 Å². The van der Waals surface area contributed by atoms with Gasteiger partial charge in [-0.05, 0) is 24.5 Å². The van der Waals surface area contributed by atoms with Crippen LogP contribution in [-0.4, -0.2) is 12.3 Å². The minimum Gasteiger partial charge on any atom is -0.329 e. The van der Waals surface area contributed by atoms with Crippen molar-refractivity contribution in [2.24, 2.45) is 11.1 Å². The van der Waals surface area contributed by atoms with Gasteiger partial charge in [0.25, 0.3) is 0 Å². The Morgan fingerprint density at radius 3 is 2.35 bits per heavy atom. The van der Waals surface area contributed by atoms with E-state index in [0.717, 1.165) is 22.9 Å². The Bertz CT molecular complexity index is 377. The van der Waals surface area contributed by atoms with Crippen LogP contribution < -0.4 is 5.73 Å². The summed E-state index contributed by atoms with van der Waals surface area (Å²) >= 11 is 3.47. The smallest absolute Gasteiger partial charge is 0.144 e. The van der Waals surface area contributed by atoms with Crippen LogP contribution >= 0.6 is 15.9 Å². The van der Waals surface area contributed by atoms with E-state index in [2.05, 4.69) is 15.9 Å². The highest BCUT2D eigenvalue weighted by Gasteiger charge is 2.32. The quantitative estimate of drug-likeness (QED) is 0.875. The van der Waals surface area contributed by atoms with Crippen LogP contribution in [0.25, 0.3) is 0 Å². The number of carbonyl (C=O) groups is 1. The summed E-state index contributed by atoms with van der Waals surface area (Å²) in [4.78, 5) is 12.4. The largest absolute Gasteiger partial charge is 0.329 e. The fourth-order valence-corrected chi connectivity index (χ4v) is 2.47. The molecule has 0 heterocycles. The number of halogens is 1. The maximum Gasteiger partial charge on any atom is 0.144 e. The number of rotatable bonds is 6. The average molecular weight is 298 g/mol. The minimum absolute atomic E-state index is 0.247. The Morgan fingerprint density at radius 2 is 1.88 bits per heavy atom. The maximum absolute atomic E-state index is 12.4. The molecule has 0 aromatic heterocycles. The molecule has 0 aliphatic heterocycles. The second kappa shape index (κ2) is 6.31. The summed E-state index contributed by atoms with van der Waals surface area (Å²) in [5.41, 5.74) is 6.48. The van der Waals surface area contributed by atoms with E-state index in [1.54, 1.807) is 0 Å². The Labute approximate surface area is 112 Å². The number of ketones is 1. The van der Waals surface area contributed by atoms with Gasteiger partial charge in [0.1, 0.15) is 5.78 Å². The van der Waals surface area contributed by atoms with Gasteiger partial charge in [0.2, 0.25) is 0 Å². The number of carbonyl (C=O) groups excluding carboxylic acids is 1. The van der Waals surface area contributed by atoms with Crippen molar-refractivity contribution < 1.29 is 4.79 Å². The zero-order chi connectivity index (χ0) is 12.9. The van der Waals surface area contributed by atoms with Gasteiger partial charge in [0, 0.05) is 22.9 Å². The summed E-state index contributed by atoms with van der Waals surface area (Å²) in [6.07, 6.45) is 2.08. The SMILES string of the molecule is CCC(CC)(CN)C(=O)Cc1ccccc1Br. The molecule has 1 aromatic rings. The number of nitrogens with two attached hydrogens (primary N) is 1. The van der Waals surface area contributed by atoms with E-state index in [-0.39, 0.29) is 11.2 Å². The lowest BCUT2D eigenvalue weighted by Crippen LogP contribution is -2.38. The highest BCUT2D eigenvalue weighted by Crippen LogP contribution is 2.29. The summed E-state index contributed by atoms with van der Waals surface area (Å²) in [6.45, 7) is 4.51. The lowest BCUT2D eigenvalue weighted by molar-refractivity contribution is -0.128. The van der Waals surface area contributed by atoms with E-state index in [9.17, 15) is 4.79 Å². The first-order valence-corrected chi connectivity index (χ1v) is 6.85. The fraction of sp³-hybridized carbons (Fsp3) is 0.500. The third-order valence-electron chi connectivity index (χ3n) is 3.64. The Balaban J connectivity index is 2.88. The zero-order valence-corrected chi connectivity index (χ0v) is 12.1. The van der Waals surface area contributed by atoms with E-state index in [1.165, 1.54) is 0 Å². The van der Waals surface area contributed by atoms with Crippen LogP contribution in [0.1, 0.15) is 32.3 Å². The Hall–Kier alpha value is -0.670. The highest BCUT2D eigenvalue weighted by atomic mass is 79.9. The van der Waals surface area contributed by atoms with Gasteiger partial charge in [-0.25, -0.2) is 0 Å². The Morgan fingerprint density at radius 1 is 1.29 bits per heavy atom. The molecule has 0 atom stereocenters. The third kappa shape index (κ3) is 3.17. The molecule has 2 N–H and O–H groups in total. The van der Waals surface area contributed by atoms with Gasteiger partial charge < -0.3 is 5.73 Å². The van der Waals surface area contributed by atoms with E-state index in [0.29, 0.717) is 13.0 Å². The van der Waals surface area contributed by atoms with Crippen LogP contribution in [0.2, 0.25) is 0 Å². The van der Waals surface area contributed by atoms with E-state index < -0.39 is 0 Å². The lowest BCUT2D eigenvalue weighted by atomic mass is 9.76. The van der Waals surface area contributed by atoms with Gasteiger partial charge in [-0.15, -0.1) is 0 Å². The van der Waals surface area contributed by atoms with E-state index >= 15 is 0 Å². The molecule has 0 bridgehead atoms. The number of benzene rings is 1. The van der Waals surface area contributed by atoms with Gasteiger partial charge >= 0.3 is 0 Å². The highest BCUT2D eigenvalue weighted by molar-refractivity contribution is 9.10. The van der Waals surface area contributed by atoms with Crippen LogP contribution in [0.4, 0.5) is 0 Å². The molecule has 1 rings (SSSR count). The zero-order valence-electron chi connectivity index (χ0n) is 10.5. The van der Waals surface area contributed by atoms with Gasteiger partial charge in [0.05, 0.1) is 0 Å². The molecule has 0 radical (unpaired) electrons. The van der Waals surface area contributed by atoms with Crippen molar-refractivity contribution in [3.05, 3.63) is 34.3 Å². The first-order chi connectivity index (χ1) is 8.09. The van der Waals surface area contributed by atoms with Crippen LogP contribution in [0.15, 0.2) is 28.7 Å². The first-order valence-electron chi connectivity index (χ1n) is 6.06. The summed E-state index contributed by atoms with van der Waals surface area (Å²) < 4.78 is 0.992. The second-order valence-corrected chi connectivity index (χ2v) is 5.24. The number of hydrogen-bond donors (Lipinski definition) is 1. The van der Waals surface area contributed by atoms with E-state index in [1.807, 2.05) is 38.1 Å². The molecule has 94 valence electrons. The molecule has 1 aromatic carbocycles. The third-order valence-corrected chi connectivity index (χ3v) is 4.42. The van der Waals surface area contributed by atoms with Crippen LogP contribution in [0, 0.1) is 5.41 Å². The lowest BCUT2D eigenvalue weighted by Gasteiger charge is -2.28. The first kappa shape index (κ1) is 14.4. The van der Waals surface area contributed by atoms with Gasteiger partial charge in [-0.1, -0.05) is 48.0 Å². The summed E-state index contributed by atoms with van der Waals surface area (Å²) in [7, 11) is 0. The van der Waals surface area contributed by atoms with Crippen molar-refractivity contribution in [2.75, 3.05) is 6.54 Å². The fourth-order valence-electron chi connectivity index (χ4n) is 2.05. The standard InChI is InChI=1S/C14H20BrNO/c1-3-14(4-2,10-16)13(17)9-11-7-5-6-8-12(11)15/h5-8H,3-4,9-10,16H2,1-2H3. The van der Waals surface area contributed by atoms with Gasteiger partial charge in [0.15, 0.2) is 0 Å². The molecule has 0 spiro atoms. The summed E-state index contributed by atoms with van der Waals surface area (Å²) in [6, 6.07) is 7.85. The van der Waals surface area contributed by atoms with Crippen molar-refractivity contribution in [1.82, 2.24) is 0 Å². The van der Waals surface area contributed by atoms with Gasteiger partial charge in [-0.3, -0.25) is 4.79 Å².